The maximum absolute atomic E-state index is 13.2. The summed E-state index contributed by atoms with van der Waals surface area (Å²) in [7, 11) is 0. The molecular weight excluding hydrogens is 390 g/mol. The topological polar surface area (TPSA) is 74.4 Å². The highest BCUT2D eigenvalue weighted by molar-refractivity contribution is 7.80. The molecule has 0 aliphatic carbocycles. The number of carbonyl (C=O) groups is 1. The van der Waals surface area contributed by atoms with Crippen LogP contribution in [0.2, 0.25) is 0 Å². The van der Waals surface area contributed by atoms with Crippen LogP contribution in [-0.2, 0) is 4.74 Å². The predicted molar refractivity (Wildman–Crippen MR) is 83.9 cm³/mol. The zero-order valence-corrected chi connectivity index (χ0v) is 13.9. The summed E-state index contributed by atoms with van der Waals surface area (Å²) in [4.78, 5) is 11.2. The number of benzene rings is 1. The minimum absolute atomic E-state index is 0.315. The zero-order valence-electron chi connectivity index (χ0n) is 13.1. The first-order valence-corrected chi connectivity index (χ1v) is 7.31. The molecule has 1 amide bonds. The highest BCUT2D eigenvalue weighted by Crippen LogP contribution is 2.40. The molecule has 6 nitrogen and oxygen atoms in total. The maximum atomic E-state index is 13.2. The van der Waals surface area contributed by atoms with Crippen LogP contribution in [-0.4, -0.2) is 35.8 Å². The molecule has 0 fully saturated rings. The monoisotopic (exact) mass is 404 g/mol. The molecule has 0 aliphatic rings. The number of anilines is 1. The van der Waals surface area contributed by atoms with E-state index in [9.17, 15) is 31.1 Å². The van der Waals surface area contributed by atoms with Crippen molar-refractivity contribution in [3.05, 3.63) is 30.3 Å². The Morgan fingerprint density at radius 1 is 1.08 bits per heavy atom. The summed E-state index contributed by atoms with van der Waals surface area (Å²) < 4.78 is 83.3. The van der Waals surface area contributed by atoms with Crippen molar-refractivity contribution < 1.29 is 35.9 Å². The van der Waals surface area contributed by atoms with Gasteiger partial charge in [-0.15, -0.1) is 0 Å². The van der Waals surface area contributed by atoms with Gasteiger partial charge in [-0.2, -0.15) is 31.8 Å². The quantitative estimate of drug-likeness (QED) is 0.262. The van der Waals surface area contributed by atoms with Crippen LogP contribution in [0.25, 0.3) is 0 Å². The van der Waals surface area contributed by atoms with Crippen LogP contribution >= 0.6 is 12.2 Å². The van der Waals surface area contributed by atoms with Crippen molar-refractivity contribution in [1.82, 2.24) is 16.2 Å². The number of nitrogens with one attached hydrogen (secondary N) is 4. The highest BCUT2D eigenvalue weighted by Gasteiger charge is 2.73. The predicted octanol–water partition coefficient (Wildman–Crippen LogP) is 3.04. The van der Waals surface area contributed by atoms with Crippen LogP contribution in [0.1, 0.15) is 6.92 Å². The molecule has 4 N–H and O–H groups in total. The third kappa shape index (κ3) is 5.36. The fourth-order valence-corrected chi connectivity index (χ4v) is 1.80. The summed E-state index contributed by atoms with van der Waals surface area (Å²) in [6.45, 7) is 0.784. The molecule has 1 aromatic rings. The minimum Gasteiger partial charge on any atom is -0.450 e. The molecule has 0 aromatic heterocycles. The SMILES string of the molecule is CCOC(=O)NC(NNC(=S)Nc1ccccc1)(C(F)(F)F)C(F)(F)F. The van der Waals surface area contributed by atoms with Gasteiger partial charge in [0.1, 0.15) is 0 Å². The van der Waals surface area contributed by atoms with Crippen molar-refractivity contribution in [3.8, 4) is 0 Å². The van der Waals surface area contributed by atoms with Crippen LogP contribution in [0.15, 0.2) is 30.3 Å². The van der Waals surface area contributed by atoms with Crippen LogP contribution < -0.4 is 21.5 Å². The van der Waals surface area contributed by atoms with Gasteiger partial charge in [-0.05, 0) is 31.3 Å². The number of thiocarbonyl (C=S) groups is 1. The molecule has 0 heterocycles. The van der Waals surface area contributed by atoms with Gasteiger partial charge < -0.3 is 10.1 Å². The minimum atomic E-state index is -5.98. The number of para-hydroxylation sites is 1. The zero-order chi connectivity index (χ0) is 20.0. The molecule has 1 rings (SSSR count). The maximum Gasteiger partial charge on any atom is 0.436 e. The molecule has 0 unspecified atom stereocenters. The van der Waals surface area contributed by atoms with Crippen molar-refractivity contribution in [2.75, 3.05) is 11.9 Å². The van der Waals surface area contributed by atoms with Gasteiger partial charge in [0.05, 0.1) is 6.61 Å². The summed E-state index contributed by atoms with van der Waals surface area (Å²) in [5, 5.41) is 2.54. The Bertz CT molecular complexity index is 609. The van der Waals surface area contributed by atoms with E-state index in [1.165, 1.54) is 19.1 Å². The summed E-state index contributed by atoms with van der Waals surface area (Å²) in [6, 6.07) is 7.73. The highest BCUT2D eigenvalue weighted by atomic mass is 32.1. The standard InChI is InChI=1S/C13H14F6N4O2S/c1-2-25-10(24)21-11(12(14,15)16,13(17,18)19)23-22-9(26)20-8-6-4-3-5-7-8/h3-7,23H,2H2,1H3,(H,21,24)(H2,20,22,26). The van der Waals surface area contributed by atoms with Gasteiger partial charge in [-0.25, -0.2) is 4.79 Å². The van der Waals surface area contributed by atoms with Gasteiger partial charge in [0.15, 0.2) is 5.11 Å². The molecular formula is C13H14F6N4O2S. The first-order chi connectivity index (χ1) is 11.9. The number of ether oxygens (including phenoxy) is 1. The molecule has 1 aromatic carbocycles. The Hall–Kier alpha value is -2.28. The van der Waals surface area contributed by atoms with Crippen LogP contribution in [0.5, 0.6) is 0 Å². The van der Waals surface area contributed by atoms with Gasteiger partial charge >= 0.3 is 24.1 Å². The number of carbonyl (C=O) groups excluding carboxylic acids is 1. The lowest BCUT2D eigenvalue weighted by atomic mass is 10.1. The van der Waals surface area contributed by atoms with Gasteiger partial charge in [-0.1, -0.05) is 18.2 Å². The molecule has 0 saturated carbocycles. The summed E-state index contributed by atoms with van der Waals surface area (Å²) in [6.07, 6.45) is -13.9. The van der Waals surface area contributed by atoms with Crippen LogP contribution in [0, 0.1) is 0 Å². The van der Waals surface area contributed by atoms with Gasteiger partial charge in [0, 0.05) is 5.69 Å². The lowest BCUT2D eigenvalue weighted by Gasteiger charge is -2.38. The number of amides is 1. The third-order valence-corrected chi connectivity index (χ3v) is 3.01. The largest absolute Gasteiger partial charge is 0.450 e. The molecule has 0 atom stereocenters. The molecule has 13 heteroatoms. The fourth-order valence-electron chi connectivity index (χ4n) is 1.63. The summed E-state index contributed by atoms with van der Waals surface area (Å²) in [5.74, 6) is 0. The molecule has 0 bridgehead atoms. The number of rotatable bonds is 5. The lowest BCUT2D eigenvalue weighted by Crippen LogP contribution is -2.78. The van der Waals surface area contributed by atoms with E-state index in [2.05, 4.69) is 22.3 Å². The van der Waals surface area contributed by atoms with Crippen molar-refractivity contribution in [3.63, 3.8) is 0 Å². The van der Waals surface area contributed by atoms with E-state index >= 15 is 0 Å². The van der Waals surface area contributed by atoms with Gasteiger partial charge in [-0.3, -0.25) is 10.7 Å². The second-order valence-corrected chi connectivity index (χ2v) is 5.07. The van der Waals surface area contributed by atoms with Crippen LogP contribution in [0.3, 0.4) is 0 Å². The average molecular weight is 404 g/mol. The Balaban J connectivity index is 3.00. The number of halogens is 6. The summed E-state index contributed by atoms with van der Waals surface area (Å²) in [5.41, 5.74) is -1.92. The number of alkyl carbamates (subject to hydrolysis) is 1. The van der Waals surface area contributed by atoms with Crippen molar-refractivity contribution >= 4 is 29.1 Å². The van der Waals surface area contributed by atoms with E-state index < -0.39 is 35.8 Å². The fraction of sp³-hybridized carbons (Fsp3) is 0.385. The van der Waals surface area contributed by atoms with E-state index in [0.29, 0.717) is 5.69 Å². The van der Waals surface area contributed by atoms with E-state index in [4.69, 9.17) is 0 Å². The average Bonchev–Trinajstić information content (AvgIpc) is 2.50. The van der Waals surface area contributed by atoms with E-state index in [1.54, 1.807) is 23.6 Å². The summed E-state index contributed by atoms with van der Waals surface area (Å²) >= 11 is 4.65. The first-order valence-electron chi connectivity index (χ1n) is 6.90. The van der Waals surface area contributed by atoms with E-state index in [-0.39, 0.29) is 0 Å². The van der Waals surface area contributed by atoms with E-state index in [0.717, 1.165) is 10.7 Å². The normalized spacial score (nSPS) is 12.3. The molecule has 0 spiro atoms. The van der Waals surface area contributed by atoms with Crippen molar-refractivity contribution in [2.45, 2.75) is 24.9 Å². The first kappa shape index (κ1) is 21.8. The molecule has 26 heavy (non-hydrogen) atoms. The number of hydrogen-bond donors (Lipinski definition) is 4. The Morgan fingerprint density at radius 2 is 1.62 bits per heavy atom. The molecule has 146 valence electrons. The Kier molecular flexibility index (Phi) is 7.03. The third-order valence-electron chi connectivity index (χ3n) is 2.81. The molecule has 0 saturated heterocycles. The Morgan fingerprint density at radius 3 is 2.08 bits per heavy atom. The van der Waals surface area contributed by atoms with E-state index in [1.807, 2.05) is 0 Å². The Labute approximate surface area is 149 Å². The van der Waals surface area contributed by atoms with Crippen molar-refractivity contribution in [1.29, 1.82) is 0 Å². The molecule has 0 radical (unpaired) electrons. The lowest BCUT2D eigenvalue weighted by molar-refractivity contribution is -0.317. The smallest absolute Gasteiger partial charge is 0.436 e. The van der Waals surface area contributed by atoms with Crippen molar-refractivity contribution in [2.24, 2.45) is 0 Å². The number of hydrazine groups is 1. The number of alkyl halides is 6. The second kappa shape index (κ2) is 8.40. The van der Waals surface area contributed by atoms with Gasteiger partial charge in [0.2, 0.25) is 0 Å². The molecule has 0 aliphatic heterocycles. The number of hydrogen-bond acceptors (Lipinski definition) is 4. The second-order valence-electron chi connectivity index (χ2n) is 4.66. The van der Waals surface area contributed by atoms with Crippen LogP contribution in [0.4, 0.5) is 36.8 Å². The van der Waals surface area contributed by atoms with Gasteiger partial charge in [0.25, 0.3) is 0 Å².